The number of nitrogens with one attached hydrogen (secondary N) is 2. The number of rotatable bonds is 3. The Kier molecular flexibility index (Phi) is 6.65. The number of hydrogen-bond donors (Lipinski definition) is 2. The third kappa shape index (κ3) is 4.19. The lowest BCUT2D eigenvalue weighted by atomic mass is 9.85. The molecule has 0 saturated carbocycles. The fourth-order valence-electron chi connectivity index (χ4n) is 4.02. The zero-order valence-corrected chi connectivity index (χ0v) is 16.1. The van der Waals surface area contributed by atoms with Crippen molar-refractivity contribution in [3.05, 3.63) is 70.8 Å². The van der Waals surface area contributed by atoms with Crippen LogP contribution < -0.4 is 10.6 Å². The molecular weight excluding hydrogens is 386 g/mol. The van der Waals surface area contributed by atoms with Crippen LogP contribution >= 0.6 is 12.4 Å². The van der Waals surface area contributed by atoms with Crippen LogP contribution in [0.15, 0.2) is 42.5 Å². The lowest BCUT2D eigenvalue weighted by Crippen LogP contribution is -2.51. The fourth-order valence-corrected chi connectivity index (χ4v) is 4.02. The quantitative estimate of drug-likeness (QED) is 0.819. The molecule has 2 aliphatic rings. The molecule has 1 amide bonds. The van der Waals surface area contributed by atoms with Crippen molar-refractivity contribution in [3.8, 4) is 0 Å². The molecule has 0 radical (unpaired) electrons. The number of halogens is 3. The van der Waals surface area contributed by atoms with Gasteiger partial charge in [-0.2, -0.15) is 0 Å². The number of ether oxygens (including phenoxy) is 1. The highest BCUT2D eigenvalue weighted by Gasteiger charge is 2.33. The lowest BCUT2D eigenvalue weighted by molar-refractivity contribution is -0.135. The lowest BCUT2D eigenvalue weighted by Gasteiger charge is -2.35. The van der Waals surface area contributed by atoms with Gasteiger partial charge in [-0.1, -0.05) is 30.3 Å². The molecule has 2 aromatic rings. The molecule has 2 N–H and O–H groups in total. The van der Waals surface area contributed by atoms with E-state index in [9.17, 15) is 13.6 Å². The maximum Gasteiger partial charge on any atom is 0.254 e. The largest absolute Gasteiger partial charge is 0.363 e. The molecule has 3 atom stereocenters. The van der Waals surface area contributed by atoms with Gasteiger partial charge in [0.05, 0.1) is 6.61 Å². The van der Waals surface area contributed by atoms with Gasteiger partial charge in [-0.15, -0.1) is 12.4 Å². The number of piperidine rings is 1. The predicted octanol–water partition coefficient (Wildman–Crippen LogP) is 3.26. The minimum Gasteiger partial charge on any atom is -0.363 e. The van der Waals surface area contributed by atoms with E-state index in [0.717, 1.165) is 36.6 Å². The van der Waals surface area contributed by atoms with Crippen molar-refractivity contribution in [2.45, 2.75) is 30.9 Å². The molecule has 0 aliphatic carbocycles. The molecule has 28 heavy (non-hydrogen) atoms. The first-order chi connectivity index (χ1) is 13.1. The van der Waals surface area contributed by atoms with Crippen molar-refractivity contribution in [1.29, 1.82) is 0 Å². The molecule has 2 aliphatic heterocycles. The van der Waals surface area contributed by atoms with Gasteiger partial charge in [-0.3, -0.25) is 4.79 Å². The minimum absolute atomic E-state index is 0. The molecule has 1 fully saturated rings. The average molecular weight is 409 g/mol. The summed E-state index contributed by atoms with van der Waals surface area (Å²) < 4.78 is 32.7. The highest BCUT2D eigenvalue weighted by Crippen LogP contribution is 2.30. The Bertz CT molecular complexity index is 849. The van der Waals surface area contributed by atoms with Gasteiger partial charge in [0.25, 0.3) is 5.91 Å². The zero-order chi connectivity index (χ0) is 18.8. The van der Waals surface area contributed by atoms with E-state index < -0.39 is 17.7 Å². The molecule has 4 nitrogen and oxygen atoms in total. The van der Waals surface area contributed by atoms with Crippen molar-refractivity contribution < 1.29 is 18.3 Å². The molecular formula is C21H23ClF2N2O2. The summed E-state index contributed by atoms with van der Waals surface area (Å²) in [7, 11) is 0. The first-order valence-corrected chi connectivity index (χ1v) is 9.29. The Morgan fingerprint density at radius 2 is 1.96 bits per heavy atom. The maximum atomic E-state index is 13.7. The summed E-state index contributed by atoms with van der Waals surface area (Å²) in [6.07, 6.45) is 0.892. The molecule has 1 saturated heterocycles. The van der Waals surface area contributed by atoms with Crippen LogP contribution in [0.2, 0.25) is 0 Å². The summed E-state index contributed by atoms with van der Waals surface area (Å²) in [5.74, 6) is -1.99. The van der Waals surface area contributed by atoms with E-state index in [2.05, 4.69) is 10.6 Å². The normalized spacial score (nSPS) is 24.0. The van der Waals surface area contributed by atoms with Crippen LogP contribution in [0.5, 0.6) is 0 Å². The summed E-state index contributed by atoms with van der Waals surface area (Å²) >= 11 is 0. The molecule has 7 heteroatoms. The van der Waals surface area contributed by atoms with E-state index in [-0.39, 0.29) is 30.3 Å². The van der Waals surface area contributed by atoms with Crippen molar-refractivity contribution >= 4 is 18.3 Å². The van der Waals surface area contributed by atoms with Gasteiger partial charge in [0.2, 0.25) is 0 Å². The minimum atomic E-state index is -0.861. The van der Waals surface area contributed by atoms with Gasteiger partial charge in [0.15, 0.2) is 17.7 Å². The first kappa shape index (κ1) is 20.7. The van der Waals surface area contributed by atoms with Crippen LogP contribution in [0, 0.1) is 11.6 Å². The highest BCUT2D eigenvalue weighted by molar-refractivity contribution is 5.85. The second kappa shape index (κ2) is 8.99. The summed E-state index contributed by atoms with van der Waals surface area (Å²) in [5, 5.41) is 6.33. The van der Waals surface area contributed by atoms with Gasteiger partial charge in [0, 0.05) is 18.5 Å². The van der Waals surface area contributed by atoms with E-state index >= 15 is 0 Å². The van der Waals surface area contributed by atoms with Crippen LogP contribution in [0.25, 0.3) is 0 Å². The van der Waals surface area contributed by atoms with Crippen LogP contribution in [-0.4, -0.2) is 31.6 Å². The molecule has 0 aromatic heterocycles. The maximum absolute atomic E-state index is 13.7. The molecule has 3 unspecified atom stereocenters. The summed E-state index contributed by atoms with van der Waals surface area (Å²) in [6.45, 7) is 1.84. The van der Waals surface area contributed by atoms with Gasteiger partial charge >= 0.3 is 0 Å². The van der Waals surface area contributed by atoms with E-state index in [1.54, 1.807) is 6.07 Å². The summed E-state index contributed by atoms with van der Waals surface area (Å²) in [5.41, 5.74) is 2.72. The third-order valence-electron chi connectivity index (χ3n) is 5.41. The number of benzene rings is 2. The summed E-state index contributed by atoms with van der Waals surface area (Å²) in [6, 6.07) is 11.6. The number of carbonyl (C=O) groups is 1. The molecule has 150 valence electrons. The van der Waals surface area contributed by atoms with Crippen molar-refractivity contribution in [1.82, 2.24) is 10.6 Å². The van der Waals surface area contributed by atoms with Crippen LogP contribution in [0.4, 0.5) is 8.78 Å². The third-order valence-corrected chi connectivity index (χ3v) is 5.41. The predicted molar refractivity (Wildman–Crippen MR) is 105 cm³/mol. The molecule has 0 spiro atoms. The van der Waals surface area contributed by atoms with Gasteiger partial charge in [-0.25, -0.2) is 8.78 Å². The Balaban J connectivity index is 0.00000225. The van der Waals surface area contributed by atoms with Gasteiger partial charge in [-0.05, 0) is 48.2 Å². The Morgan fingerprint density at radius 3 is 2.79 bits per heavy atom. The Labute approximate surface area is 169 Å². The molecule has 2 heterocycles. The van der Waals surface area contributed by atoms with Crippen LogP contribution in [-0.2, 0) is 16.0 Å². The van der Waals surface area contributed by atoms with Crippen LogP contribution in [0.3, 0.4) is 0 Å². The van der Waals surface area contributed by atoms with Gasteiger partial charge in [0.1, 0.15) is 0 Å². The average Bonchev–Trinajstić information content (AvgIpc) is 2.70. The molecule has 0 bridgehead atoms. The summed E-state index contributed by atoms with van der Waals surface area (Å²) in [4.78, 5) is 12.9. The van der Waals surface area contributed by atoms with E-state index in [4.69, 9.17) is 4.74 Å². The van der Waals surface area contributed by atoms with Gasteiger partial charge < -0.3 is 15.4 Å². The smallest absolute Gasteiger partial charge is 0.254 e. The Morgan fingerprint density at radius 1 is 1.14 bits per heavy atom. The highest BCUT2D eigenvalue weighted by atomic mass is 35.5. The first-order valence-electron chi connectivity index (χ1n) is 9.29. The number of hydrogen-bond acceptors (Lipinski definition) is 3. The number of fused-ring (bicyclic) bond motifs is 1. The fraction of sp³-hybridized carbons (Fsp3) is 0.381. The second-order valence-electron chi connectivity index (χ2n) is 7.09. The second-order valence-corrected chi connectivity index (χ2v) is 7.09. The van der Waals surface area contributed by atoms with E-state index in [1.165, 1.54) is 6.07 Å². The topological polar surface area (TPSA) is 50.4 Å². The monoisotopic (exact) mass is 408 g/mol. The van der Waals surface area contributed by atoms with Crippen molar-refractivity contribution in [3.63, 3.8) is 0 Å². The van der Waals surface area contributed by atoms with E-state index in [1.807, 2.05) is 24.3 Å². The van der Waals surface area contributed by atoms with Crippen LogP contribution in [0.1, 0.15) is 35.1 Å². The number of carbonyl (C=O) groups excluding carboxylic acids is 1. The van der Waals surface area contributed by atoms with E-state index in [0.29, 0.717) is 18.7 Å². The zero-order valence-electron chi connectivity index (χ0n) is 15.3. The molecule has 2 aromatic carbocycles. The number of amides is 1. The van der Waals surface area contributed by atoms with Crippen molar-refractivity contribution in [2.75, 3.05) is 19.7 Å². The van der Waals surface area contributed by atoms with Crippen molar-refractivity contribution in [2.24, 2.45) is 0 Å². The molecule has 4 rings (SSSR count). The SMILES string of the molecule is Cl.O=C(NC1CNCCC1c1ccc(F)c(F)c1)C1OCCc2ccccc21. The standard InChI is InChI=1S/C21H22F2N2O2.ClH/c22-17-6-5-14(11-18(17)23)15-7-9-24-12-19(15)25-21(26)20-16-4-2-1-3-13(16)8-10-27-20;/h1-6,11,15,19-20,24H,7-10,12H2,(H,25,26);1H. The Hall–Kier alpha value is -2.02.